The molecule has 0 saturated carbocycles. The van der Waals surface area contributed by atoms with Crippen molar-refractivity contribution >= 4 is 34.2 Å². The maximum absolute atomic E-state index is 12.8. The molecule has 3 heterocycles. The number of carboxylic acids is 1. The number of piperidine rings is 1. The van der Waals surface area contributed by atoms with Gasteiger partial charge in [0.05, 0.1) is 5.92 Å². The molecule has 4 rings (SSSR count). The van der Waals surface area contributed by atoms with Crippen molar-refractivity contribution in [3.8, 4) is 16.2 Å². The minimum Gasteiger partial charge on any atom is -0.481 e. The first-order valence-electron chi connectivity index (χ1n) is 10.1. The molecule has 1 saturated heterocycles. The van der Waals surface area contributed by atoms with Gasteiger partial charge in [0.15, 0.2) is 6.10 Å². The second-order valence-electron chi connectivity index (χ2n) is 7.79. The molecule has 1 unspecified atom stereocenters. The number of amides is 1. The van der Waals surface area contributed by atoms with Gasteiger partial charge in [0.25, 0.3) is 5.91 Å². The van der Waals surface area contributed by atoms with Gasteiger partial charge >= 0.3 is 11.6 Å². The number of benzene rings is 1. The third kappa shape index (κ3) is 4.34. The Bertz CT molecular complexity index is 1200. The molecule has 0 spiro atoms. The summed E-state index contributed by atoms with van der Waals surface area (Å²) in [4.78, 5) is 38.7. The molecule has 8 heteroatoms. The first-order valence-corrected chi connectivity index (χ1v) is 11.0. The molecule has 162 valence electrons. The van der Waals surface area contributed by atoms with Crippen LogP contribution in [0.5, 0.6) is 5.75 Å². The van der Waals surface area contributed by atoms with Crippen molar-refractivity contribution in [2.24, 2.45) is 5.92 Å². The van der Waals surface area contributed by atoms with Crippen molar-refractivity contribution in [1.29, 1.82) is 0 Å². The van der Waals surface area contributed by atoms with E-state index in [4.69, 9.17) is 9.15 Å². The summed E-state index contributed by atoms with van der Waals surface area (Å²) >= 11 is 1.56. The molecule has 1 fully saturated rings. The lowest BCUT2D eigenvalue weighted by Crippen LogP contribution is -2.47. The lowest BCUT2D eigenvalue weighted by molar-refractivity contribution is -0.147. The van der Waals surface area contributed by atoms with Crippen LogP contribution in [0.2, 0.25) is 0 Å². The van der Waals surface area contributed by atoms with Crippen LogP contribution in [0.15, 0.2) is 44.9 Å². The van der Waals surface area contributed by atoms with Crippen LogP contribution in [-0.4, -0.2) is 41.1 Å². The van der Waals surface area contributed by atoms with Gasteiger partial charge in [-0.3, -0.25) is 9.59 Å². The van der Waals surface area contributed by atoms with Gasteiger partial charge < -0.3 is 19.2 Å². The second-order valence-corrected chi connectivity index (χ2v) is 8.71. The maximum Gasteiger partial charge on any atom is 0.336 e. The van der Waals surface area contributed by atoms with E-state index in [1.807, 2.05) is 24.4 Å². The zero-order valence-electron chi connectivity index (χ0n) is 17.3. The summed E-state index contributed by atoms with van der Waals surface area (Å²) in [5.74, 6) is -1.27. The third-order valence-corrected chi connectivity index (χ3v) is 6.62. The summed E-state index contributed by atoms with van der Waals surface area (Å²) in [6.45, 7) is 4.34. The number of carbonyl (C=O) groups excluding carboxylic acids is 1. The quantitative estimate of drug-likeness (QED) is 0.603. The molecular weight excluding hydrogens is 418 g/mol. The van der Waals surface area contributed by atoms with Gasteiger partial charge in [0.2, 0.25) is 0 Å². The van der Waals surface area contributed by atoms with E-state index in [2.05, 4.69) is 0 Å². The Kier molecular flexibility index (Phi) is 5.82. The Morgan fingerprint density at radius 3 is 2.81 bits per heavy atom. The summed E-state index contributed by atoms with van der Waals surface area (Å²) in [7, 11) is 0. The van der Waals surface area contributed by atoms with Crippen LogP contribution in [0.4, 0.5) is 0 Å². The average Bonchev–Trinajstić information content (AvgIpc) is 3.18. The molecule has 1 N–H and O–H groups in total. The lowest BCUT2D eigenvalue weighted by atomic mass is 9.98. The molecule has 31 heavy (non-hydrogen) atoms. The van der Waals surface area contributed by atoms with Crippen molar-refractivity contribution in [3.05, 3.63) is 51.7 Å². The van der Waals surface area contributed by atoms with E-state index in [-0.39, 0.29) is 12.5 Å². The van der Waals surface area contributed by atoms with Crippen molar-refractivity contribution in [2.75, 3.05) is 13.1 Å². The number of carboxylic acid groups (broad SMARTS) is 1. The van der Waals surface area contributed by atoms with Crippen molar-refractivity contribution in [2.45, 2.75) is 32.8 Å². The highest BCUT2D eigenvalue weighted by molar-refractivity contribution is 7.13. The van der Waals surface area contributed by atoms with Crippen LogP contribution in [0, 0.1) is 12.8 Å². The predicted molar refractivity (Wildman–Crippen MR) is 118 cm³/mol. The van der Waals surface area contributed by atoms with Crippen LogP contribution >= 0.6 is 11.3 Å². The summed E-state index contributed by atoms with van der Waals surface area (Å²) < 4.78 is 11.2. The van der Waals surface area contributed by atoms with E-state index in [0.717, 1.165) is 21.4 Å². The highest BCUT2D eigenvalue weighted by atomic mass is 32.1. The smallest absolute Gasteiger partial charge is 0.336 e. The number of fused-ring (bicyclic) bond motifs is 1. The largest absolute Gasteiger partial charge is 0.481 e. The van der Waals surface area contributed by atoms with Gasteiger partial charge in [-0.15, -0.1) is 11.3 Å². The third-order valence-electron chi connectivity index (χ3n) is 5.57. The van der Waals surface area contributed by atoms with Crippen LogP contribution in [0.3, 0.4) is 0 Å². The van der Waals surface area contributed by atoms with Crippen molar-refractivity contribution < 1.29 is 23.8 Å². The van der Waals surface area contributed by atoms with E-state index in [1.54, 1.807) is 35.3 Å². The molecule has 0 radical (unpaired) electrons. The fraction of sp³-hybridized carbons (Fsp3) is 0.348. The molecule has 1 aliphatic rings. The van der Waals surface area contributed by atoms with E-state index in [9.17, 15) is 19.5 Å². The number of thiophene rings is 1. The maximum atomic E-state index is 12.8. The van der Waals surface area contributed by atoms with Crippen LogP contribution in [0.25, 0.3) is 21.4 Å². The monoisotopic (exact) mass is 441 g/mol. The van der Waals surface area contributed by atoms with E-state index < -0.39 is 23.6 Å². The first-order chi connectivity index (χ1) is 14.8. The van der Waals surface area contributed by atoms with Gasteiger partial charge in [0.1, 0.15) is 11.3 Å². The number of aliphatic carboxylic acids is 1. The molecule has 1 aliphatic heterocycles. The summed E-state index contributed by atoms with van der Waals surface area (Å²) in [5, 5.41) is 12.0. The number of likely N-dealkylation sites (tertiary alicyclic amines) is 1. The Hall–Kier alpha value is -3.13. The zero-order chi connectivity index (χ0) is 22.1. The first kappa shape index (κ1) is 21.1. The van der Waals surface area contributed by atoms with Crippen molar-refractivity contribution in [3.63, 3.8) is 0 Å². The summed E-state index contributed by atoms with van der Waals surface area (Å²) in [6, 6.07) is 8.67. The Balaban J connectivity index is 1.56. The number of nitrogens with zero attached hydrogens (tertiary/aromatic N) is 1. The second kappa shape index (κ2) is 8.55. The van der Waals surface area contributed by atoms with E-state index >= 15 is 0 Å². The van der Waals surface area contributed by atoms with Gasteiger partial charge in [-0.2, -0.15) is 0 Å². The van der Waals surface area contributed by atoms with Crippen LogP contribution in [-0.2, 0) is 9.59 Å². The van der Waals surface area contributed by atoms with Gasteiger partial charge in [-0.1, -0.05) is 0 Å². The Morgan fingerprint density at radius 2 is 2.10 bits per heavy atom. The van der Waals surface area contributed by atoms with E-state index in [1.165, 1.54) is 6.07 Å². The highest BCUT2D eigenvalue weighted by Gasteiger charge is 2.31. The number of ether oxygens (including phenoxy) is 1. The number of rotatable bonds is 5. The molecular formula is C23H23NO6S. The molecule has 1 aromatic carbocycles. The SMILES string of the molecule is Cc1ccsc1-c1cc(=O)oc2cc(OC(C)C(=O)N3CCC[C@H](C(=O)O)C3)ccc12. The van der Waals surface area contributed by atoms with E-state index in [0.29, 0.717) is 30.7 Å². The van der Waals surface area contributed by atoms with Gasteiger partial charge in [-0.05, 0) is 55.8 Å². The molecule has 2 atom stereocenters. The number of hydrogen-bond donors (Lipinski definition) is 1. The molecule has 2 aromatic heterocycles. The predicted octanol–water partition coefficient (Wildman–Crippen LogP) is 3.92. The standard InChI is InChI=1S/C23H23NO6S/c1-13-7-9-31-21(13)18-11-20(25)30-19-10-16(5-6-17(18)19)29-14(2)22(26)24-8-3-4-15(12-24)23(27)28/h5-7,9-11,14-15H,3-4,8,12H2,1-2H3,(H,27,28)/t14?,15-/m0/s1. The number of hydrogen-bond acceptors (Lipinski definition) is 6. The van der Waals surface area contributed by atoms with Crippen molar-refractivity contribution in [1.82, 2.24) is 4.90 Å². The van der Waals surface area contributed by atoms with Crippen LogP contribution < -0.4 is 10.4 Å². The molecule has 1 amide bonds. The minimum atomic E-state index is -0.882. The number of carbonyl (C=O) groups is 2. The fourth-order valence-corrected chi connectivity index (χ4v) is 4.90. The highest BCUT2D eigenvalue weighted by Crippen LogP contribution is 2.35. The topological polar surface area (TPSA) is 97.0 Å². The fourth-order valence-electron chi connectivity index (χ4n) is 3.94. The van der Waals surface area contributed by atoms with Gasteiger partial charge in [-0.25, -0.2) is 4.79 Å². The lowest BCUT2D eigenvalue weighted by Gasteiger charge is -2.32. The Morgan fingerprint density at radius 1 is 1.29 bits per heavy atom. The molecule has 7 nitrogen and oxygen atoms in total. The molecule has 0 bridgehead atoms. The summed E-state index contributed by atoms with van der Waals surface area (Å²) in [6.07, 6.45) is 0.436. The van der Waals surface area contributed by atoms with Gasteiger partial charge in [0, 0.05) is 41.0 Å². The number of aryl methyl sites for hydroxylation is 1. The molecule has 0 aliphatic carbocycles. The Labute approximate surface area is 182 Å². The summed E-state index contributed by atoms with van der Waals surface area (Å²) in [5.41, 5.74) is 1.82. The normalized spacial score (nSPS) is 17.5. The van der Waals surface area contributed by atoms with Crippen LogP contribution in [0.1, 0.15) is 25.3 Å². The average molecular weight is 442 g/mol. The zero-order valence-corrected chi connectivity index (χ0v) is 18.1. The minimum absolute atomic E-state index is 0.192. The molecule has 3 aromatic rings.